The summed E-state index contributed by atoms with van der Waals surface area (Å²) in [6.07, 6.45) is 9.07. The van der Waals surface area contributed by atoms with Crippen LogP contribution in [0.3, 0.4) is 0 Å². The van der Waals surface area contributed by atoms with E-state index in [4.69, 9.17) is 9.98 Å². The molecule has 13 heteroatoms. The van der Waals surface area contributed by atoms with Crippen LogP contribution in [0.25, 0.3) is 11.7 Å². The van der Waals surface area contributed by atoms with Crippen molar-refractivity contribution in [3.8, 4) is 5.88 Å². The number of hydrogen-bond donors (Lipinski definition) is 5. The molecule has 2 aliphatic rings. The molecule has 0 amide bonds. The molecule has 3 aromatic rings. The van der Waals surface area contributed by atoms with E-state index in [1.54, 1.807) is 16.8 Å². The van der Waals surface area contributed by atoms with E-state index in [2.05, 4.69) is 25.1 Å². The first kappa shape index (κ1) is 23.5. The molecule has 0 unspecified atom stereocenters. The number of aromatic amines is 2. The van der Waals surface area contributed by atoms with Gasteiger partial charge in [0.2, 0.25) is 15.9 Å². The molecule has 0 spiro atoms. The van der Waals surface area contributed by atoms with E-state index >= 15 is 0 Å². The first-order valence-corrected chi connectivity index (χ1v) is 13.7. The van der Waals surface area contributed by atoms with E-state index in [9.17, 15) is 18.3 Å². The lowest BCUT2D eigenvalue weighted by molar-refractivity contribution is 0.387. The van der Waals surface area contributed by atoms with Crippen LogP contribution in [0.1, 0.15) is 57.6 Å². The molecule has 12 nitrogen and oxygen atoms in total. The predicted octanol–water partition coefficient (Wildman–Crippen LogP) is 0.115. The summed E-state index contributed by atoms with van der Waals surface area (Å²) in [7, 11) is -3.22. The van der Waals surface area contributed by atoms with Crippen molar-refractivity contribution in [2.75, 3.05) is 11.1 Å². The van der Waals surface area contributed by atoms with Gasteiger partial charge in [-0.15, -0.1) is 0 Å². The summed E-state index contributed by atoms with van der Waals surface area (Å²) >= 11 is 0. The van der Waals surface area contributed by atoms with Crippen molar-refractivity contribution in [1.82, 2.24) is 29.3 Å². The van der Waals surface area contributed by atoms with Gasteiger partial charge in [-0.1, -0.05) is 6.92 Å². The number of fused-ring (bicyclic) bond motifs is 1. The van der Waals surface area contributed by atoms with Gasteiger partial charge in [0.1, 0.15) is 11.5 Å². The summed E-state index contributed by atoms with van der Waals surface area (Å²) < 4.78 is 28.7. The molecule has 0 saturated heterocycles. The summed E-state index contributed by atoms with van der Waals surface area (Å²) in [5, 5.41) is 18.5. The van der Waals surface area contributed by atoms with Crippen molar-refractivity contribution in [3.63, 3.8) is 0 Å². The van der Waals surface area contributed by atoms with Gasteiger partial charge in [-0.05, 0) is 51.0 Å². The van der Waals surface area contributed by atoms with Crippen LogP contribution in [0, 0.1) is 0 Å². The highest BCUT2D eigenvalue weighted by molar-refractivity contribution is 7.89. The monoisotopic (exact) mass is 502 g/mol. The van der Waals surface area contributed by atoms with Crippen LogP contribution in [0.5, 0.6) is 5.88 Å². The highest BCUT2D eigenvalue weighted by atomic mass is 32.2. The largest absolute Gasteiger partial charge is 0.493 e. The minimum Gasteiger partial charge on any atom is -0.493 e. The number of nitrogens with one attached hydrogen (secondary N) is 4. The van der Waals surface area contributed by atoms with E-state index in [0.29, 0.717) is 28.6 Å². The maximum atomic E-state index is 12.1. The Balaban J connectivity index is 1.40. The zero-order chi connectivity index (χ0) is 24.6. The van der Waals surface area contributed by atoms with Crippen molar-refractivity contribution in [3.05, 3.63) is 39.1 Å². The molecule has 0 bridgehead atoms. The van der Waals surface area contributed by atoms with Crippen molar-refractivity contribution < 1.29 is 13.5 Å². The summed E-state index contributed by atoms with van der Waals surface area (Å²) in [6, 6.07) is 2.29. The third kappa shape index (κ3) is 5.56. The Bertz CT molecular complexity index is 1490. The summed E-state index contributed by atoms with van der Waals surface area (Å²) in [6.45, 7) is 1.86. The fourth-order valence-corrected chi connectivity index (χ4v) is 5.82. The van der Waals surface area contributed by atoms with E-state index < -0.39 is 15.7 Å². The summed E-state index contributed by atoms with van der Waals surface area (Å²) in [5.41, 5.74) is 0.983. The van der Waals surface area contributed by atoms with E-state index in [1.165, 1.54) is 0 Å². The third-order valence-electron chi connectivity index (χ3n) is 6.28. The second-order valence-electron chi connectivity index (χ2n) is 9.31. The number of hydrogen-bond acceptors (Lipinski definition) is 8. The van der Waals surface area contributed by atoms with Crippen LogP contribution in [-0.4, -0.2) is 62.0 Å². The topological polar surface area (TPSA) is 170 Å². The maximum absolute atomic E-state index is 12.1. The summed E-state index contributed by atoms with van der Waals surface area (Å²) in [4.78, 5) is 25.9. The Morgan fingerprint density at radius 1 is 1.20 bits per heavy atom. The van der Waals surface area contributed by atoms with Gasteiger partial charge >= 0.3 is 5.69 Å². The lowest BCUT2D eigenvalue weighted by Crippen LogP contribution is -2.41. The average molecular weight is 503 g/mol. The molecule has 5 rings (SSSR count). The fourth-order valence-electron chi connectivity index (χ4n) is 4.42. The lowest BCUT2D eigenvalue weighted by Gasteiger charge is -2.29. The smallest absolute Gasteiger partial charge is 0.326 e. The molecule has 0 aliphatic heterocycles. The molecule has 0 aromatic carbocycles. The number of nitrogens with zero attached hydrogens (tertiary/aromatic N) is 4. The molecule has 3 heterocycles. The van der Waals surface area contributed by atoms with Gasteiger partial charge in [-0.2, -0.15) is 9.61 Å². The number of aromatic hydroxyl groups is 1. The molecular weight excluding hydrogens is 472 g/mol. The van der Waals surface area contributed by atoms with Crippen LogP contribution in [0.2, 0.25) is 0 Å². The van der Waals surface area contributed by atoms with Gasteiger partial charge in [0.15, 0.2) is 11.1 Å². The number of H-pyrrole nitrogens is 2. The van der Waals surface area contributed by atoms with Crippen molar-refractivity contribution in [2.45, 2.75) is 70.0 Å². The molecular formula is C22H30N8O4S. The zero-order valence-corrected chi connectivity index (χ0v) is 20.3. The molecule has 0 atom stereocenters. The van der Waals surface area contributed by atoms with Crippen LogP contribution in [-0.2, 0) is 10.0 Å². The minimum absolute atomic E-state index is 0.0346. The van der Waals surface area contributed by atoms with Crippen LogP contribution in [0.15, 0.2) is 22.1 Å². The minimum atomic E-state index is -3.22. The second kappa shape index (κ2) is 9.46. The normalized spacial score (nSPS) is 22.2. The Morgan fingerprint density at radius 2 is 1.94 bits per heavy atom. The van der Waals surface area contributed by atoms with Gasteiger partial charge in [0.25, 0.3) is 0 Å². The Morgan fingerprint density at radius 3 is 2.60 bits per heavy atom. The van der Waals surface area contributed by atoms with Crippen LogP contribution in [0.4, 0.5) is 5.82 Å². The molecule has 2 fully saturated rings. The first-order valence-electron chi connectivity index (χ1n) is 12.0. The number of aromatic nitrogens is 5. The Kier molecular flexibility index (Phi) is 6.36. The molecule has 3 aromatic heterocycles. The average Bonchev–Trinajstić information content (AvgIpc) is 3.43. The van der Waals surface area contributed by atoms with Crippen LogP contribution >= 0.6 is 0 Å². The predicted molar refractivity (Wildman–Crippen MR) is 130 cm³/mol. The SMILES string of the molecule is CCCS(=O)(=O)NC1CCC(Nc2cc(=NC3CC3)n3nc/c(=C/c4[nH]c(=O)[nH]c4O)c3n2)CC1. The third-order valence-corrected chi connectivity index (χ3v) is 7.91. The van der Waals surface area contributed by atoms with E-state index in [1.807, 2.05) is 13.0 Å². The van der Waals surface area contributed by atoms with Gasteiger partial charge in [-0.25, -0.2) is 22.9 Å². The molecule has 0 radical (unpaired) electrons. The van der Waals surface area contributed by atoms with Crippen molar-refractivity contribution in [2.24, 2.45) is 4.99 Å². The number of anilines is 1. The number of sulfonamides is 1. The van der Waals surface area contributed by atoms with Gasteiger partial charge < -0.3 is 15.4 Å². The fraction of sp³-hybridized carbons (Fsp3) is 0.545. The number of rotatable bonds is 8. The van der Waals surface area contributed by atoms with Gasteiger partial charge in [0, 0.05) is 23.4 Å². The standard InChI is InChI=1S/C22H30N8O4S/c1-2-9-35(33,34)29-16-7-5-14(6-8-16)24-18-11-19(25-15-3-4-15)30-20(27-18)13(12-23-30)10-17-21(31)28-22(32)26-17/h10-12,14-16,24,29,31H,2-9H2,1H3,(H2,26,28,32)/b13-10-,25-19?. The molecule has 188 valence electrons. The van der Waals surface area contributed by atoms with E-state index in [-0.39, 0.29) is 35.5 Å². The zero-order valence-electron chi connectivity index (χ0n) is 19.5. The highest BCUT2D eigenvalue weighted by Crippen LogP contribution is 2.24. The Labute approximate surface area is 201 Å². The summed E-state index contributed by atoms with van der Waals surface area (Å²) in [5.74, 6) is 0.563. The van der Waals surface area contributed by atoms with Crippen molar-refractivity contribution in [1.29, 1.82) is 0 Å². The highest BCUT2D eigenvalue weighted by Gasteiger charge is 2.25. The Hall–Kier alpha value is -3.19. The lowest BCUT2D eigenvalue weighted by atomic mass is 9.92. The molecule has 5 N–H and O–H groups in total. The molecule has 2 aliphatic carbocycles. The molecule has 35 heavy (non-hydrogen) atoms. The van der Waals surface area contributed by atoms with Gasteiger partial charge in [0.05, 0.1) is 18.0 Å². The molecule has 2 saturated carbocycles. The van der Waals surface area contributed by atoms with E-state index in [0.717, 1.165) is 38.5 Å². The second-order valence-corrected chi connectivity index (χ2v) is 11.2. The van der Waals surface area contributed by atoms with Gasteiger partial charge in [-0.3, -0.25) is 9.98 Å². The first-order chi connectivity index (χ1) is 16.8. The number of imidazole rings is 1. The quantitative estimate of drug-likeness (QED) is 0.291. The maximum Gasteiger partial charge on any atom is 0.326 e. The van der Waals surface area contributed by atoms with Crippen LogP contribution < -0.4 is 26.4 Å². The van der Waals surface area contributed by atoms with Crippen molar-refractivity contribution >= 4 is 27.6 Å².